The fraction of sp³-hybridized carbons (Fsp3) is 0.125. The van der Waals surface area contributed by atoms with Crippen molar-refractivity contribution in [2.45, 2.75) is 16.6 Å². The molecule has 0 saturated heterocycles. The van der Waals surface area contributed by atoms with Crippen molar-refractivity contribution < 1.29 is 14.3 Å². The molecule has 3 nitrogen and oxygen atoms in total. The monoisotopic (exact) mass is 300 g/mol. The molecule has 1 aliphatic heterocycles. The van der Waals surface area contributed by atoms with Gasteiger partial charge < -0.3 is 9.90 Å². The molecular weight excluding hydrogens is 289 g/mol. The molecule has 0 spiro atoms. The third kappa shape index (κ3) is 2.97. The second-order valence-electron chi connectivity index (χ2n) is 4.66. The zero-order valence-electron chi connectivity index (χ0n) is 11.0. The van der Waals surface area contributed by atoms with E-state index in [-0.39, 0.29) is 12.2 Å². The quantitative estimate of drug-likeness (QED) is 0.856. The summed E-state index contributed by atoms with van der Waals surface area (Å²) < 4.78 is 13.0. The lowest BCUT2D eigenvalue weighted by Crippen LogP contribution is -2.34. The minimum absolute atomic E-state index is 0.243. The summed E-state index contributed by atoms with van der Waals surface area (Å²) in [6.45, 7) is 0. The summed E-state index contributed by atoms with van der Waals surface area (Å²) in [6, 6.07) is 13.3. The zero-order valence-corrected chi connectivity index (χ0v) is 11.8. The van der Waals surface area contributed by atoms with Gasteiger partial charge in [-0.25, -0.2) is 4.39 Å². The summed E-state index contributed by atoms with van der Waals surface area (Å²) in [6.07, 6.45) is 0.243. The first-order valence-corrected chi connectivity index (χ1v) is 7.31. The molecule has 1 atom stereocenters. The van der Waals surface area contributed by atoms with Crippen molar-refractivity contribution in [3.05, 3.63) is 59.9 Å². The van der Waals surface area contributed by atoms with E-state index < -0.39 is 11.2 Å². The molecule has 0 amide bonds. The summed E-state index contributed by atoms with van der Waals surface area (Å²) in [5.41, 5.74) is 2.08. The van der Waals surface area contributed by atoms with Crippen LogP contribution in [-0.4, -0.2) is 16.9 Å². The molecule has 0 aromatic heterocycles. The van der Waals surface area contributed by atoms with Crippen LogP contribution in [0.15, 0.2) is 58.4 Å². The van der Waals surface area contributed by atoms with Crippen LogP contribution in [0.2, 0.25) is 0 Å². The highest BCUT2D eigenvalue weighted by molar-refractivity contribution is 8.00. The Kier molecular flexibility index (Phi) is 3.75. The Bertz CT molecular complexity index is 712. The number of halogens is 1. The number of aliphatic imine (C=N–C) groups is 1. The average molecular weight is 300 g/mol. The molecular formula is C16H11FNO2S-. The van der Waals surface area contributed by atoms with Crippen LogP contribution in [0.3, 0.4) is 0 Å². The number of carbonyl (C=O) groups excluding carboxylic acids is 1. The zero-order chi connectivity index (χ0) is 14.8. The average Bonchev–Trinajstić information content (AvgIpc) is 2.67. The molecule has 1 aliphatic rings. The van der Waals surface area contributed by atoms with Crippen LogP contribution >= 0.6 is 11.8 Å². The number of thioether (sulfide) groups is 1. The smallest absolute Gasteiger partial charge is 0.123 e. The van der Waals surface area contributed by atoms with Crippen molar-refractivity contribution in [2.75, 3.05) is 0 Å². The third-order valence-corrected chi connectivity index (χ3v) is 4.45. The molecule has 0 saturated carbocycles. The second kappa shape index (κ2) is 5.69. The normalized spacial score (nSPS) is 17.6. The lowest BCUT2D eigenvalue weighted by Gasteiger charge is -2.16. The first-order chi connectivity index (χ1) is 10.1. The van der Waals surface area contributed by atoms with Gasteiger partial charge in [-0.2, -0.15) is 0 Å². The van der Waals surface area contributed by atoms with E-state index in [4.69, 9.17) is 0 Å². The number of nitrogens with zero attached hydrogens (tertiary/aromatic N) is 1. The van der Waals surface area contributed by atoms with Crippen LogP contribution in [-0.2, 0) is 4.79 Å². The van der Waals surface area contributed by atoms with Gasteiger partial charge in [-0.1, -0.05) is 24.3 Å². The molecule has 0 fully saturated rings. The van der Waals surface area contributed by atoms with E-state index in [0.717, 1.165) is 16.1 Å². The fourth-order valence-electron chi connectivity index (χ4n) is 2.17. The van der Waals surface area contributed by atoms with Gasteiger partial charge in [0, 0.05) is 17.0 Å². The molecule has 21 heavy (non-hydrogen) atoms. The second-order valence-corrected chi connectivity index (χ2v) is 5.91. The Morgan fingerprint density at radius 2 is 1.90 bits per heavy atom. The van der Waals surface area contributed by atoms with Crippen molar-refractivity contribution in [1.29, 1.82) is 0 Å². The molecule has 2 aromatic rings. The Morgan fingerprint density at radius 1 is 1.19 bits per heavy atom. The van der Waals surface area contributed by atoms with Crippen molar-refractivity contribution in [3.8, 4) is 0 Å². The molecule has 3 rings (SSSR count). The van der Waals surface area contributed by atoms with E-state index in [1.165, 1.54) is 23.9 Å². The standard InChI is InChI=1S/C16H12FNO2S/c17-11-7-5-10(6-8-11)13-9-15(16(19)20)21-14-4-2-1-3-12(14)18-13/h1-8,15H,9H2,(H,19,20)/p-1/t15-/m0/s1. The van der Waals surface area contributed by atoms with Crippen LogP contribution in [0.25, 0.3) is 0 Å². The van der Waals surface area contributed by atoms with Crippen molar-refractivity contribution in [2.24, 2.45) is 4.99 Å². The van der Waals surface area contributed by atoms with E-state index in [2.05, 4.69) is 4.99 Å². The molecule has 0 aliphatic carbocycles. The lowest BCUT2D eigenvalue weighted by atomic mass is 10.1. The van der Waals surface area contributed by atoms with E-state index >= 15 is 0 Å². The predicted molar refractivity (Wildman–Crippen MR) is 78.3 cm³/mol. The Morgan fingerprint density at radius 3 is 2.62 bits per heavy atom. The Labute approximate surface area is 125 Å². The molecule has 0 bridgehead atoms. The highest BCUT2D eigenvalue weighted by Gasteiger charge is 2.21. The van der Waals surface area contributed by atoms with E-state index in [9.17, 15) is 14.3 Å². The van der Waals surface area contributed by atoms with E-state index in [1.54, 1.807) is 12.1 Å². The number of rotatable bonds is 2. The number of hydrogen-bond acceptors (Lipinski definition) is 4. The van der Waals surface area contributed by atoms with Crippen molar-refractivity contribution in [1.82, 2.24) is 0 Å². The Balaban J connectivity index is 2.07. The maximum atomic E-state index is 13.0. The largest absolute Gasteiger partial charge is 0.549 e. The SMILES string of the molecule is O=C([O-])[C@@H]1CC(c2ccc(F)cc2)=Nc2ccccc2S1. The van der Waals surface area contributed by atoms with Gasteiger partial charge in [-0.05, 0) is 29.8 Å². The summed E-state index contributed by atoms with van der Waals surface area (Å²) in [7, 11) is 0. The van der Waals surface area contributed by atoms with Crippen LogP contribution in [0, 0.1) is 5.82 Å². The van der Waals surface area contributed by atoms with Gasteiger partial charge in [0.25, 0.3) is 0 Å². The van der Waals surface area contributed by atoms with Crippen molar-refractivity contribution >= 4 is 29.1 Å². The van der Waals surface area contributed by atoms with Gasteiger partial charge >= 0.3 is 0 Å². The molecule has 0 N–H and O–H groups in total. The maximum Gasteiger partial charge on any atom is 0.123 e. The number of fused-ring (bicyclic) bond motifs is 1. The number of benzene rings is 2. The first kappa shape index (κ1) is 13.8. The van der Waals surface area contributed by atoms with Gasteiger partial charge in [0.05, 0.1) is 16.9 Å². The van der Waals surface area contributed by atoms with Crippen LogP contribution in [0.5, 0.6) is 0 Å². The summed E-state index contributed by atoms with van der Waals surface area (Å²) in [4.78, 5) is 16.7. The van der Waals surface area contributed by atoms with Crippen LogP contribution < -0.4 is 5.11 Å². The van der Waals surface area contributed by atoms with E-state index in [1.807, 2.05) is 24.3 Å². The minimum atomic E-state index is -1.12. The van der Waals surface area contributed by atoms with Gasteiger partial charge in [0.1, 0.15) is 5.82 Å². The number of aliphatic carboxylic acids is 1. The molecule has 2 aromatic carbocycles. The summed E-state index contributed by atoms with van der Waals surface area (Å²) in [5, 5.41) is 10.6. The highest BCUT2D eigenvalue weighted by Crippen LogP contribution is 2.37. The molecule has 106 valence electrons. The molecule has 5 heteroatoms. The maximum absolute atomic E-state index is 13.0. The van der Waals surface area contributed by atoms with Gasteiger partial charge in [0.2, 0.25) is 0 Å². The molecule has 1 heterocycles. The number of para-hydroxylation sites is 1. The summed E-state index contributed by atoms with van der Waals surface area (Å²) >= 11 is 1.24. The van der Waals surface area contributed by atoms with Gasteiger partial charge in [-0.15, -0.1) is 11.8 Å². The number of hydrogen-bond donors (Lipinski definition) is 0. The molecule has 0 unspecified atom stereocenters. The van der Waals surface area contributed by atoms with Crippen molar-refractivity contribution in [3.63, 3.8) is 0 Å². The number of carbonyl (C=O) groups is 1. The van der Waals surface area contributed by atoms with Crippen LogP contribution in [0.1, 0.15) is 12.0 Å². The third-order valence-electron chi connectivity index (χ3n) is 3.21. The number of carboxylic acids is 1. The van der Waals surface area contributed by atoms with Gasteiger partial charge in [0.15, 0.2) is 0 Å². The summed E-state index contributed by atoms with van der Waals surface area (Å²) in [5.74, 6) is -1.45. The van der Waals surface area contributed by atoms with Crippen LogP contribution in [0.4, 0.5) is 10.1 Å². The lowest BCUT2D eigenvalue weighted by molar-refractivity contribution is -0.304. The van der Waals surface area contributed by atoms with E-state index in [0.29, 0.717) is 5.71 Å². The predicted octanol–water partition coefficient (Wildman–Crippen LogP) is 2.56. The fourth-order valence-corrected chi connectivity index (χ4v) is 3.20. The number of carboxylic acid groups (broad SMARTS) is 1. The highest BCUT2D eigenvalue weighted by atomic mass is 32.2. The van der Waals surface area contributed by atoms with Gasteiger partial charge in [-0.3, -0.25) is 4.99 Å². The molecule has 0 radical (unpaired) electrons. The topological polar surface area (TPSA) is 52.5 Å². The minimum Gasteiger partial charge on any atom is -0.549 e. The Hall–Kier alpha value is -2.14. The first-order valence-electron chi connectivity index (χ1n) is 6.43.